The fourth-order valence-corrected chi connectivity index (χ4v) is 3.06. The van der Waals surface area contributed by atoms with E-state index < -0.39 is 17.7 Å². The molecule has 30 heavy (non-hydrogen) atoms. The third-order valence-electron chi connectivity index (χ3n) is 4.07. The van der Waals surface area contributed by atoms with E-state index in [0.717, 1.165) is 0 Å². The molecule has 9 heteroatoms. The highest BCUT2D eigenvalue weighted by molar-refractivity contribution is 9.10. The van der Waals surface area contributed by atoms with Crippen molar-refractivity contribution in [1.29, 1.82) is 0 Å². The zero-order valence-electron chi connectivity index (χ0n) is 17.2. The Morgan fingerprint density at radius 1 is 1.13 bits per heavy atom. The highest BCUT2D eigenvalue weighted by Gasteiger charge is 2.21. The van der Waals surface area contributed by atoms with Gasteiger partial charge in [0.2, 0.25) is 5.91 Å². The summed E-state index contributed by atoms with van der Waals surface area (Å²) in [5.41, 5.74) is 3.63. The largest absolute Gasteiger partial charge is 0.497 e. The van der Waals surface area contributed by atoms with Gasteiger partial charge in [-0.3, -0.25) is 9.59 Å². The molecule has 0 saturated heterocycles. The van der Waals surface area contributed by atoms with Gasteiger partial charge in [-0.2, -0.15) is 5.10 Å². The van der Waals surface area contributed by atoms with Gasteiger partial charge in [-0.1, -0.05) is 0 Å². The summed E-state index contributed by atoms with van der Waals surface area (Å²) < 4.78 is 16.6. The van der Waals surface area contributed by atoms with Crippen LogP contribution >= 0.6 is 15.9 Å². The van der Waals surface area contributed by atoms with Gasteiger partial charge in [-0.15, -0.1) is 0 Å². The first kappa shape index (κ1) is 23.2. The summed E-state index contributed by atoms with van der Waals surface area (Å²) in [4.78, 5) is 24.5. The number of benzene rings is 2. The Balaban J connectivity index is 1.98. The van der Waals surface area contributed by atoms with E-state index in [-0.39, 0.29) is 0 Å². The summed E-state index contributed by atoms with van der Waals surface area (Å²) >= 11 is 3.42. The minimum Gasteiger partial charge on any atom is -0.497 e. The minimum absolute atomic E-state index is 0.446. The lowest BCUT2D eigenvalue weighted by atomic mass is 10.1. The summed E-state index contributed by atoms with van der Waals surface area (Å²) in [6.45, 7) is 3.84. The second kappa shape index (κ2) is 11.2. The number of hydrogen-bond acceptors (Lipinski definition) is 6. The molecule has 2 N–H and O–H groups in total. The molecule has 0 radical (unpaired) electrons. The maximum absolute atomic E-state index is 12.3. The first-order valence-electron chi connectivity index (χ1n) is 9.17. The van der Waals surface area contributed by atoms with Crippen LogP contribution in [0.2, 0.25) is 0 Å². The van der Waals surface area contributed by atoms with E-state index in [1.807, 2.05) is 6.92 Å². The normalized spacial score (nSPS) is 11.6. The van der Waals surface area contributed by atoms with Crippen LogP contribution < -0.4 is 25.0 Å². The van der Waals surface area contributed by atoms with Crippen LogP contribution in [0.4, 0.5) is 5.69 Å². The number of methoxy groups -OCH3 is 2. The maximum atomic E-state index is 12.3. The lowest BCUT2D eigenvalue weighted by Gasteiger charge is -2.12. The molecule has 0 aliphatic heterocycles. The molecule has 0 spiro atoms. The Hall–Kier alpha value is -3.07. The van der Waals surface area contributed by atoms with Crippen molar-refractivity contribution in [3.8, 4) is 17.2 Å². The zero-order valence-corrected chi connectivity index (χ0v) is 18.8. The molecule has 2 amide bonds. The number of rotatable bonds is 9. The fourth-order valence-electron chi connectivity index (χ4n) is 2.43. The maximum Gasteiger partial charge on any atom is 0.252 e. The summed E-state index contributed by atoms with van der Waals surface area (Å²) in [5.74, 6) is -0.124. The van der Waals surface area contributed by atoms with Crippen molar-refractivity contribution in [3.63, 3.8) is 0 Å². The van der Waals surface area contributed by atoms with Gasteiger partial charge in [-0.25, -0.2) is 5.43 Å². The Kier molecular flexibility index (Phi) is 8.67. The Bertz CT molecular complexity index is 916. The summed E-state index contributed by atoms with van der Waals surface area (Å²) in [7, 11) is 3.11. The lowest BCUT2D eigenvalue weighted by molar-refractivity contribution is -0.131. The van der Waals surface area contributed by atoms with E-state index in [2.05, 4.69) is 31.8 Å². The molecule has 1 unspecified atom stereocenters. The van der Waals surface area contributed by atoms with Crippen LogP contribution in [-0.4, -0.2) is 38.9 Å². The summed E-state index contributed by atoms with van der Waals surface area (Å²) in [5, 5.41) is 6.61. The molecular weight excluding hydrogens is 454 g/mol. The Morgan fingerprint density at radius 3 is 2.43 bits per heavy atom. The first-order valence-corrected chi connectivity index (χ1v) is 9.97. The Morgan fingerprint density at radius 2 is 1.83 bits per heavy atom. The Labute approximate surface area is 183 Å². The second-order valence-electron chi connectivity index (χ2n) is 6.14. The van der Waals surface area contributed by atoms with Crippen molar-refractivity contribution in [3.05, 3.63) is 46.4 Å². The number of halogens is 1. The summed E-state index contributed by atoms with van der Waals surface area (Å²) in [6, 6.07) is 10.3. The van der Waals surface area contributed by atoms with E-state index >= 15 is 0 Å². The lowest BCUT2D eigenvalue weighted by Crippen LogP contribution is -2.34. The smallest absolute Gasteiger partial charge is 0.252 e. The monoisotopic (exact) mass is 477 g/mol. The van der Waals surface area contributed by atoms with Crippen LogP contribution in [0.3, 0.4) is 0 Å². The SMILES string of the molecule is CCOc1cc(C=NNC(=O)C(C)C(=O)Nc2ccc(OC)cc2)cc(Br)c1OC. The topological polar surface area (TPSA) is 98.2 Å². The number of anilines is 1. The average molecular weight is 478 g/mol. The number of ether oxygens (including phenoxy) is 3. The number of nitrogens with zero attached hydrogens (tertiary/aromatic N) is 1. The molecule has 0 aromatic heterocycles. The van der Waals surface area contributed by atoms with Crippen molar-refractivity contribution in [2.75, 3.05) is 26.1 Å². The predicted octanol–water partition coefficient (Wildman–Crippen LogP) is 3.59. The van der Waals surface area contributed by atoms with Gasteiger partial charge in [0.25, 0.3) is 5.91 Å². The number of amides is 2. The number of nitrogens with one attached hydrogen (secondary N) is 2. The molecule has 8 nitrogen and oxygen atoms in total. The van der Waals surface area contributed by atoms with Crippen LogP contribution in [0.15, 0.2) is 46.0 Å². The number of carbonyl (C=O) groups is 2. The van der Waals surface area contributed by atoms with Crippen molar-refractivity contribution in [2.45, 2.75) is 13.8 Å². The third kappa shape index (κ3) is 6.21. The van der Waals surface area contributed by atoms with Crippen molar-refractivity contribution in [2.24, 2.45) is 11.0 Å². The first-order chi connectivity index (χ1) is 14.4. The van der Waals surface area contributed by atoms with Crippen LogP contribution in [0, 0.1) is 5.92 Å². The molecule has 0 aliphatic carbocycles. The van der Waals surface area contributed by atoms with Gasteiger partial charge in [0.05, 0.1) is 31.5 Å². The van der Waals surface area contributed by atoms with Gasteiger partial charge in [-0.05, 0) is 71.7 Å². The highest BCUT2D eigenvalue weighted by atomic mass is 79.9. The minimum atomic E-state index is -0.939. The van der Waals surface area contributed by atoms with E-state index in [4.69, 9.17) is 14.2 Å². The average Bonchev–Trinajstić information content (AvgIpc) is 2.73. The van der Waals surface area contributed by atoms with E-state index in [1.165, 1.54) is 13.1 Å². The van der Waals surface area contributed by atoms with Crippen LogP contribution in [0.1, 0.15) is 19.4 Å². The molecule has 1 atom stereocenters. The molecule has 0 heterocycles. The molecule has 0 fully saturated rings. The standard InChI is InChI=1S/C21H24BrN3O5/c1-5-30-18-11-14(10-17(22)19(18)29-4)12-23-25-21(27)13(2)20(26)24-15-6-8-16(28-3)9-7-15/h6-13H,5H2,1-4H3,(H,24,26)(H,25,27). The van der Waals surface area contributed by atoms with Gasteiger partial charge < -0.3 is 19.5 Å². The number of carbonyl (C=O) groups excluding carboxylic acids is 2. The molecule has 160 valence electrons. The van der Waals surface area contributed by atoms with Crippen LogP contribution in [0.25, 0.3) is 0 Å². The van der Waals surface area contributed by atoms with Gasteiger partial charge in [0.1, 0.15) is 11.7 Å². The highest BCUT2D eigenvalue weighted by Crippen LogP contribution is 2.36. The van der Waals surface area contributed by atoms with Crippen LogP contribution in [0.5, 0.6) is 17.2 Å². The molecular formula is C21H24BrN3O5. The van der Waals surface area contributed by atoms with Crippen molar-refractivity contribution < 1.29 is 23.8 Å². The van der Waals surface area contributed by atoms with Crippen LogP contribution in [-0.2, 0) is 9.59 Å². The van der Waals surface area contributed by atoms with E-state index in [9.17, 15) is 9.59 Å². The van der Waals surface area contributed by atoms with Crippen molar-refractivity contribution in [1.82, 2.24) is 5.43 Å². The predicted molar refractivity (Wildman–Crippen MR) is 118 cm³/mol. The second-order valence-corrected chi connectivity index (χ2v) is 7.00. The molecule has 2 aromatic rings. The van der Waals surface area contributed by atoms with Gasteiger partial charge in [0.15, 0.2) is 11.5 Å². The molecule has 0 aliphatic rings. The quantitative estimate of drug-likeness (QED) is 0.326. The number of hydrogen-bond donors (Lipinski definition) is 2. The fraction of sp³-hybridized carbons (Fsp3) is 0.286. The van der Waals surface area contributed by atoms with Gasteiger partial charge in [0, 0.05) is 5.69 Å². The van der Waals surface area contributed by atoms with Gasteiger partial charge >= 0.3 is 0 Å². The third-order valence-corrected chi connectivity index (χ3v) is 4.66. The van der Waals surface area contributed by atoms with E-state index in [0.29, 0.717) is 39.6 Å². The number of hydrazone groups is 1. The zero-order chi connectivity index (χ0) is 22.1. The van der Waals surface area contributed by atoms with E-state index in [1.54, 1.807) is 50.6 Å². The molecule has 0 saturated carbocycles. The van der Waals surface area contributed by atoms with Crippen molar-refractivity contribution >= 4 is 39.6 Å². The molecule has 0 bridgehead atoms. The molecule has 2 rings (SSSR count). The summed E-state index contributed by atoms with van der Waals surface area (Å²) in [6.07, 6.45) is 1.46. The molecule has 2 aromatic carbocycles.